The third kappa shape index (κ3) is 4.75. The molecule has 36 heavy (non-hydrogen) atoms. The van der Waals surface area contributed by atoms with E-state index >= 15 is 0 Å². The summed E-state index contributed by atoms with van der Waals surface area (Å²) < 4.78 is 17.4. The number of aryl methyl sites for hydroxylation is 1. The molecule has 192 valence electrons. The molecule has 1 aromatic carbocycles. The Morgan fingerprint density at radius 2 is 1.83 bits per heavy atom. The van der Waals surface area contributed by atoms with Crippen molar-refractivity contribution in [3.63, 3.8) is 0 Å². The van der Waals surface area contributed by atoms with Gasteiger partial charge in [-0.2, -0.15) is 0 Å². The summed E-state index contributed by atoms with van der Waals surface area (Å²) in [6.45, 7) is 4.37. The highest BCUT2D eigenvalue weighted by atomic mass is 32.1. The first-order chi connectivity index (χ1) is 17.3. The Hall–Kier alpha value is -3.60. The van der Waals surface area contributed by atoms with Gasteiger partial charge in [-0.3, -0.25) is 19.0 Å². The van der Waals surface area contributed by atoms with Crippen molar-refractivity contribution in [3.05, 3.63) is 39.3 Å². The second kappa shape index (κ2) is 10.6. The summed E-state index contributed by atoms with van der Waals surface area (Å²) in [5.74, 6) is 0.719. The number of rotatable bonds is 7. The van der Waals surface area contributed by atoms with Crippen molar-refractivity contribution >= 4 is 39.1 Å². The molecular formula is C25H30N4O6S. The van der Waals surface area contributed by atoms with Crippen LogP contribution in [0.25, 0.3) is 10.2 Å². The number of benzene rings is 1. The first kappa shape index (κ1) is 25.5. The third-order valence-electron chi connectivity index (χ3n) is 6.48. The van der Waals surface area contributed by atoms with E-state index in [1.54, 1.807) is 19.1 Å². The molecule has 0 spiro atoms. The highest BCUT2D eigenvalue weighted by Crippen LogP contribution is 2.40. The van der Waals surface area contributed by atoms with Crippen LogP contribution in [-0.2, 0) is 11.3 Å². The number of anilines is 1. The molecule has 1 N–H and O–H groups in total. The first-order valence-corrected chi connectivity index (χ1v) is 12.5. The number of hydrogen-bond acceptors (Lipinski definition) is 8. The van der Waals surface area contributed by atoms with Crippen LogP contribution < -0.4 is 25.1 Å². The number of amides is 2. The minimum absolute atomic E-state index is 0.0750. The molecule has 0 saturated carbocycles. The van der Waals surface area contributed by atoms with Gasteiger partial charge in [0.1, 0.15) is 11.4 Å². The van der Waals surface area contributed by atoms with Gasteiger partial charge in [-0.05, 0) is 38.7 Å². The van der Waals surface area contributed by atoms with E-state index in [0.29, 0.717) is 50.1 Å². The van der Waals surface area contributed by atoms with Crippen molar-refractivity contribution in [2.45, 2.75) is 45.7 Å². The summed E-state index contributed by atoms with van der Waals surface area (Å²) >= 11 is 1.13. The van der Waals surface area contributed by atoms with Crippen molar-refractivity contribution in [3.8, 4) is 17.2 Å². The Morgan fingerprint density at radius 3 is 2.44 bits per heavy atom. The average molecular weight is 515 g/mol. The Kier molecular flexibility index (Phi) is 7.48. The summed E-state index contributed by atoms with van der Waals surface area (Å²) in [4.78, 5) is 46.3. The van der Waals surface area contributed by atoms with Crippen LogP contribution in [-0.4, -0.2) is 60.2 Å². The molecule has 0 bridgehead atoms. The zero-order chi connectivity index (χ0) is 26.0. The molecule has 4 rings (SSSR count). The summed E-state index contributed by atoms with van der Waals surface area (Å²) in [7, 11) is 4.48. The average Bonchev–Trinajstić information content (AvgIpc) is 3.22. The number of methoxy groups -OCH3 is 3. The zero-order valence-electron chi connectivity index (χ0n) is 21.0. The predicted molar refractivity (Wildman–Crippen MR) is 138 cm³/mol. The number of aromatic nitrogens is 2. The number of piperidine rings is 1. The van der Waals surface area contributed by atoms with E-state index in [-0.39, 0.29) is 24.1 Å². The van der Waals surface area contributed by atoms with Crippen LogP contribution in [0, 0.1) is 6.92 Å². The number of likely N-dealkylation sites (tertiary alicyclic amines) is 1. The van der Waals surface area contributed by atoms with Crippen molar-refractivity contribution < 1.29 is 23.8 Å². The molecule has 3 heterocycles. The van der Waals surface area contributed by atoms with E-state index in [1.807, 2.05) is 11.8 Å². The van der Waals surface area contributed by atoms with E-state index in [0.717, 1.165) is 30.6 Å². The standard InChI is InChI=1S/C25H30N4O6S/c1-14-8-6-7-9-29(14)19(30)12-28-13-26-24-20(25(28)32)15(2)22(36-24)23(31)27-16-10-17(33-3)21(35-5)18(11-16)34-4/h10-11,13-14H,6-9,12H2,1-5H3,(H,27,31)/t14-/m1/s1. The second-order valence-electron chi connectivity index (χ2n) is 8.71. The molecule has 2 aromatic heterocycles. The number of thiophene rings is 1. The zero-order valence-corrected chi connectivity index (χ0v) is 21.9. The Balaban J connectivity index is 1.61. The monoisotopic (exact) mass is 514 g/mol. The van der Waals surface area contributed by atoms with E-state index < -0.39 is 5.91 Å². The molecule has 0 aliphatic carbocycles. The van der Waals surface area contributed by atoms with Crippen molar-refractivity contribution in [1.29, 1.82) is 0 Å². The molecule has 0 unspecified atom stereocenters. The lowest BCUT2D eigenvalue weighted by atomic mass is 10.0. The second-order valence-corrected chi connectivity index (χ2v) is 9.71. The van der Waals surface area contributed by atoms with Crippen LogP contribution in [0.4, 0.5) is 5.69 Å². The normalized spacial score (nSPS) is 15.6. The van der Waals surface area contributed by atoms with Gasteiger partial charge in [0.15, 0.2) is 11.5 Å². The first-order valence-electron chi connectivity index (χ1n) is 11.7. The minimum Gasteiger partial charge on any atom is -0.493 e. The van der Waals surface area contributed by atoms with Crippen LogP contribution in [0.2, 0.25) is 0 Å². The lowest BCUT2D eigenvalue weighted by Gasteiger charge is -2.33. The molecule has 1 saturated heterocycles. The molecule has 0 radical (unpaired) electrons. The minimum atomic E-state index is -0.394. The van der Waals surface area contributed by atoms with Crippen LogP contribution in [0.3, 0.4) is 0 Å². The summed E-state index contributed by atoms with van der Waals surface area (Å²) in [5.41, 5.74) is 0.627. The number of hydrogen-bond donors (Lipinski definition) is 1. The van der Waals surface area contributed by atoms with Gasteiger partial charge < -0.3 is 24.4 Å². The van der Waals surface area contributed by atoms with Crippen LogP contribution in [0.5, 0.6) is 17.2 Å². The van der Waals surface area contributed by atoms with Crippen LogP contribution >= 0.6 is 11.3 Å². The quantitative estimate of drug-likeness (QED) is 0.514. The van der Waals surface area contributed by atoms with Gasteiger partial charge in [-0.25, -0.2) is 4.98 Å². The van der Waals surface area contributed by atoms with Crippen LogP contribution in [0.1, 0.15) is 41.4 Å². The summed E-state index contributed by atoms with van der Waals surface area (Å²) in [5, 5.41) is 3.18. The molecule has 1 atom stereocenters. The maximum Gasteiger partial charge on any atom is 0.266 e. The van der Waals surface area contributed by atoms with Crippen molar-refractivity contribution in [2.24, 2.45) is 0 Å². The summed E-state index contributed by atoms with van der Waals surface area (Å²) in [6, 6.07) is 3.41. The third-order valence-corrected chi connectivity index (χ3v) is 7.67. The number of ether oxygens (including phenoxy) is 3. The maximum absolute atomic E-state index is 13.3. The maximum atomic E-state index is 13.3. The Labute approximate surface area is 212 Å². The van der Waals surface area contributed by atoms with Gasteiger partial charge in [-0.1, -0.05) is 0 Å². The Bertz CT molecular complexity index is 1340. The lowest BCUT2D eigenvalue weighted by molar-refractivity contribution is -0.135. The fourth-order valence-corrected chi connectivity index (χ4v) is 5.57. The SMILES string of the molecule is COc1cc(NC(=O)c2sc3ncn(CC(=O)N4CCCC[C@H]4C)c(=O)c3c2C)cc(OC)c1OC. The fourth-order valence-electron chi connectivity index (χ4n) is 4.53. The number of carbonyl (C=O) groups excluding carboxylic acids is 2. The molecule has 2 amide bonds. The van der Waals surface area contributed by atoms with E-state index in [2.05, 4.69) is 10.3 Å². The molecule has 11 heteroatoms. The molecule has 10 nitrogen and oxygen atoms in total. The number of carbonyl (C=O) groups is 2. The molecular weight excluding hydrogens is 484 g/mol. The number of nitrogens with zero attached hydrogens (tertiary/aromatic N) is 3. The highest BCUT2D eigenvalue weighted by Gasteiger charge is 2.25. The van der Waals surface area contributed by atoms with E-state index in [4.69, 9.17) is 14.2 Å². The Morgan fingerprint density at radius 1 is 1.14 bits per heavy atom. The molecule has 3 aromatic rings. The van der Waals surface area contributed by atoms with Gasteiger partial charge >= 0.3 is 0 Å². The van der Waals surface area contributed by atoms with E-state index in [9.17, 15) is 14.4 Å². The molecule has 1 aliphatic heterocycles. The smallest absolute Gasteiger partial charge is 0.266 e. The van der Waals surface area contributed by atoms with Gasteiger partial charge in [0, 0.05) is 30.4 Å². The van der Waals surface area contributed by atoms with E-state index in [1.165, 1.54) is 32.2 Å². The van der Waals surface area contributed by atoms with Crippen LogP contribution in [0.15, 0.2) is 23.3 Å². The van der Waals surface area contributed by atoms with Crippen molar-refractivity contribution in [1.82, 2.24) is 14.5 Å². The molecule has 1 fully saturated rings. The van der Waals surface area contributed by atoms with Gasteiger partial charge in [-0.15, -0.1) is 11.3 Å². The topological polar surface area (TPSA) is 112 Å². The van der Waals surface area contributed by atoms with Crippen molar-refractivity contribution in [2.75, 3.05) is 33.2 Å². The van der Waals surface area contributed by atoms with Gasteiger partial charge in [0.2, 0.25) is 11.7 Å². The fraction of sp³-hybridized carbons (Fsp3) is 0.440. The molecule has 1 aliphatic rings. The van der Waals surface area contributed by atoms with Gasteiger partial charge in [0.05, 0.1) is 37.9 Å². The predicted octanol–water partition coefficient (Wildman–Crippen LogP) is 3.45. The number of fused-ring (bicyclic) bond motifs is 1. The largest absolute Gasteiger partial charge is 0.493 e. The highest BCUT2D eigenvalue weighted by molar-refractivity contribution is 7.20. The lowest BCUT2D eigenvalue weighted by Crippen LogP contribution is -2.44. The summed E-state index contributed by atoms with van der Waals surface area (Å²) in [6.07, 6.45) is 4.42. The number of nitrogens with one attached hydrogen (secondary N) is 1. The van der Waals surface area contributed by atoms with Gasteiger partial charge in [0.25, 0.3) is 11.5 Å².